The summed E-state index contributed by atoms with van der Waals surface area (Å²) in [5, 5.41) is 0. The normalized spacial score (nSPS) is 21.4. The van der Waals surface area contributed by atoms with Crippen LogP contribution in [0.1, 0.15) is 47.0 Å². The Morgan fingerprint density at radius 2 is 1.64 bits per heavy atom. The Bertz CT molecular complexity index is 212. The first-order chi connectivity index (χ1) is 6.63. The molecule has 0 unspecified atom stereocenters. The predicted octanol–water partition coefficient (Wildman–Crippen LogP) is 3.28. The van der Waals surface area contributed by atoms with Crippen molar-refractivity contribution in [3.8, 4) is 0 Å². The van der Waals surface area contributed by atoms with E-state index in [0.717, 1.165) is 32.5 Å². The van der Waals surface area contributed by atoms with Crippen molar-refractivity contribution in [2.75, 3.05) is 13.2 Å². The maximum atomic E-state index is 5.77. The number of allylic oxidation sites excluding steroid dienone is 1. The molecule has 0 spiro atoms. The zero-order valence-electron chi connectivity index (χ0n) is 9.85. The molecule has 0 radical (unpaired) electrons. The van der Waals surface area contributed by atoms with Gasteiger partial charge in [-0.15, -0.1) is 0 Å². The van der Waals surface area contributed by atoms with Gasteiger partial charge in [-0.25, -0.2) is 0 Å². The van der Waals surface area contributed by atoms with E-state index < -0.39 is 0 Å². The number of hydrogen-bond donors (Lipinski definition) is 0. The second-order valence-corrected chi connectivity index (χ2v) is 4.01. The number of hydrogen-bond acceptors (Lipinski definition) is 2. The molecular weight excluding hydrogens is 176 g/mol. The Morgan fingerprint density at radius 1 is 1.07 bits per heavy atom. The molecule has 0 N–H and O–H groups in total. The fourth-order valence-electron chi connectivity index (χ4n) is 2.05. The highest BCUT2D eigenvalue weighted by atomic mass is 16.7. The minimum absolute atomic E-state index is 0.326. The molecule has 0 bridgehead atoms. The Balaban J connectivity index is 2.71. The van der Waals surface area contributed by atoms with E-state index in [0.29, 0.717) is 0 Å². The van der Waals surface area contributed by atoms with Crippen molar-refractivity contribution in [1.29, 1.82) is 0 Å². The van der Waals surface area contributed by atoms with E-state index >= 15 is 0 Å². The van der Waals surface area contributed by atoms with Gasteiger partial charge in [0.2, 0.25) is 0 Å². The van der Waals surface area contributed by atoms with Gasteiger partial charge >= 0.3 is 0 Å². The summed E-state index contributed by atoms with van der Waals surface area (Å²) in [6.07, 6.45) is 3.03. The largest absolute Gasteiger partial charge is 0.350 e. The van der Waals surface area contributed by atoms with E-state index in [-0.39, 0.29) is 5.79 Å². The molecule has 0 fully saturated rings. The number of rotatable bonds is 4. The molecule has 2 heteroatoms. The van der Waals surface area contributed by atoms with Crippen molar-refractivity contribution in [3.05, 3.63) is 11.1 Å². The molecule has 2 nitrogen and oxygen atoms in total. The van der Waals surface area contributed by atoms with Crippen molar-refractivity contribution < 1.29 is 9.47 Å². The van der Waals surface area contributed by atoms with Crippen molar-refractivity contribution in [2.45, 2.75) is 52.7 Å². The molecular formula is C12H22O2. The summed E-state index contributed by atoms with van der Waals surface area (Å²) >= 11 is 0. The molecule has 0 aromatic rings. The zero-order valence-corrected chi connectivity index (χ0v) is 9.85. The summed E-state index contributed by atoms with van der Waals surface area (Å²) in [7, 11) is 0. The molecule has 0 saturated heterocycles. The minimum atomic E-state index is -0.326. The Labute approximate surface area is 87.3 Å². The second kappa shape index (κ2) is 4.94. The zero-order chi connectivity index (χ0) is 10.6. The van der Waals surface area contributed by atoms with E-state index in [1.807, 2.05) is 13.8 Å². The lowest BCUT2D eigenvalue weighted by atomic mass is 9.89. The van der Waals surface area contributed by atoms with Crippen LogP contribution < -0.4 is 0 Å². The highest BCUT2D eigenvalue weighted by Gasteiger charge is 2.34. The van der Waals surface area contributed by atoms with E-state index in [4.69, 9.17) is 9.47 Å². The Hall–Kier alpha value is -0.340. The van der Waals surface area contributed by atoms with Crippen LogP contribution in [0.2, 0.25) is 0 Å². The Kier molecular flexibility index (Phi) is 4.14. The SMILES string of the molecule is CCOC1(OCC)CCC(C)=C(C)C1. The van der Waals surface area contributed by atoms with Crippen LogP contribution in [0.4, 0.5) is 0 Å². The van der Waals surface area contributed by atoms with Crippen LogP contribution in [0.5, 0.6) is 0 Å². The predicted molar refractivity (Wildman–Crippen MR) is 58.2 cm³/mol. The fourth-order valence-corrected chi connectivity index (χ4v) is 2.05. The van der Waals surface area contributed by atoms with E-state index in [9.17, 15) is 0 Å². The summed E-state index contributed by atoms with van der Waals surface area (Å²) in [6.45, 7) is 9.90. The lowest BCUT2D eigenvalue weighted by Gasteiger charge is -2.37. The van der Waals surface area contributed by atoms with Gasteiger partial charge < -0.3 is 9.47 Å². The lowest BCUT2D eigenvalue weighted by Crippen LogP contribution is -2.38. The summed E-state index contributed by atoms with van der Waals surface area (Å²) in [5.41, 5.74) is 2.93. The van der Waals surface area contributed by atoms with Crippen LogP contribution in [0.25, 0.3) is 0 Å². The quantitative estimate of drug-likeness (QED) is 0.510. The van der Waals surface area contributed by atoms with Gasteiger partial charge in [-0.05, 0) is 34.1 Å². The van der Waals surface area contributed by atoms with Gasteiger partial charge in [0.1, 0.15) is 0 Å². The van der Waals surface area contributed by atoms with Gasteiger partial charge in [-0.2, -0.15) is 0 Å². The monoisotopic (exact) mass is 198 g/mol. The summed E-state index contributed by atoms with van der Waals surface area (Å²) in [6, 6.07) is 0. The first-order valence-corrected chi connectivity index (χ1v) is 5.56. The van der Waals surface area contributed by atoms with E-state index in [2.05, 4.69) is 13.8 Å². The average molecular weight is 198 g/mol. The van der Waals surface area contributed by atoms with E-state index in [1.165, 1.54) is 11.1 Å². The molecule has 14 heavy (non-hydrogen) atoms. The van der Waals surface area contributed by atoms with Crippen LogP contribution in [-0.2, 0) is 9.47 Å². The molecule has 1 aliphatic carbocycles. The molecule has 0 atom stereocenters. The van der Waals surface area contributed by atoms with Gasteiger partial charge in [0.25, 0.3) is 0 Å². The molecule has 0 amide bonds. The van der Waals surface area contributed by atoms with Crippen molar-refractivity contribution in [1.82, 2.24) is 0 Å². The first kappa shape index (κ1) is 11.7. The highest BCUT2D eigenvalue weighted by Crippen LogP contribution is 2.35. The summed E-state index contributed by atoms with van der Waals surface area (Å²) in [5.74, 6) is -0.326. The maximum Gasteiger partial charge on any atom is 0.172 e. The van der Waals surface area contributed by atoms with Crippen molar-refractivity contribution in [3.63, 3.8) is 0 Å². The fraction of sp³-hybridized carbons (Fsp3) is 0.833. The van der Waals surface area contributed by atoms with Gasteiger partial charge in [0.15, 0.2) is 5.79 Å². The second-order valence-electron chi connectivity index (χ2n) is 4.01. The van der Waals surface area contributed by atoms with Crippen molar-refractivity contribution in [2.24, 2.45) is 0 Å². The minimum Gasteiger partial charge on any atom is -0.350 e. The van der Waals surface area contributed by atoms with Gasteiger partial charge in [-0.3, -0.25) is 0 Å². The van der Waals surface area contributed by atoms with Crippen molar-refractivity contribution >= 4 is 0 Å². The number of ether oxygens (including phenoxy) is 2. The van der Waals surface area contributed by atoms with Crippen LogP contribution in [0.15, 0.2) is 11.1 Å². The highest BCUT2D eigenvalue weighted by molar-refractivity contribution is 5.15. The third kappa shape index (κ3) is 2.58. The molecule has 0 saturated carbocycles. The lowest BCUT2D eigenvalue weighted by molar-refractivity contribution is -0.238. The van der Waals surface area contributed by atoms with Gasteiger partial charge in [-0.1, -0.05) is 11.1 Å². The van der Waals surface area contributed by atoms with Gasteiger partial charge in [0, 0.05) is 26.1 Å². The van der Waals surface area contributed by atoms with Gasteiger partial charge in [0.05, 0.1) is 0 Å². The Morgan fingerprint density at radius 3 is 2.07 bits per heavy atom. The molecule has 82 valence electrons. The first-order valence-electron chi connectivity index (χ1n) is 5.56. The molecule has 0 aromatic heterocycles. The molecule has 0 aliphatic heterocycles. The smallest absolute Gasteiger partial charge is 0.172 e. The average Bonchev–Trinajstić information content (AvgIpc) is 2.13. The standard InChI is InChI=1S/C12H22O2/c1-5-13-12(14-6-2)8-7-10(3)11(4)9-12/h5-9H2,1-4H3. The summed E-state index contributed by atoms with van der Waals surface area (Å²) in [4.78, 5) is 0. The van der Waals surface area contributed by atoms with Crippen LogP contribution in [-0.4, -0.2) is 19.0 Å². The third-order valence-corrected chi connectivity index (χ3v) is 2.96. The van der Waals surface area contributed by atoms with Crippen LogP contribution in [0.3, 0.4) is 0 Å². The maximum absolute atomic E-state index is 5.77. The molecule has 1 aliphatic rings. The third-order valence-electron chi connectivity index (χ3n) is 2.96. The van der Waals surface area contributed by atoms with Crippen LogP contribution in [0, 0.1) is 0 Å². The topological polar surface area (TPSA) is 18.5 Å². The molecule has 0 aromatic carbocycles. The molecule has 0 heterocycles. The molecule has 1 rings (SSSR count). The summed E-state index contributed by atoms with van der Waals surface area (Å²) < 4.78 is 11.5. The van der Waals surface area contributed by atoms with Crippen LogP contribution >= 0.6 is 0 Å². The van der Waals surface area contributed by atoms with E-state index in [1.54, 1.807) is 0 Å².